The number of thiophene rings is 2. The van der Waals surface area contributed by atoms with Crippen LogP contribution in [0.25, 0.3) is 20.7 Å². The molecule has 3 aromatic heterocycles. The van der Waals surface area contributed by atoms with Gasteiger partial charge in [-0.1, -0.05) is 36.4 Å². The number of nitrogens with one attached hydrogen (secondary N) is 1. The number of rotatable bonds is 7. The van der Waals surface area contributed by atoms with Gasteiger partial charge in [-0.3, -0.25) is 14.2 Å². The molecule has 0 radical (unpaired) electrons. The third kappa shape index (κ3) is 4.35. The minimum absolute atomic E-state index is 0.0712. The summed E-state index contributed by atoms with van der Waals surface area (Å²) in [5.41, 5.74) is 1.72. The maximum absolute atomic E-state index is 13.1. The van der Waals surface area contributed by atoms with E-state index in [0.29, 0.717) is 16.8 Å². The Hall–Kier alpha value is -2.81. The summed E-state index contributed by atoms with van der Waals surface area (Å²) in [5, 5.41) is 7.57. The van der Waals surface area contributed by atoms with Crippen LogP contribution >= 0.6 is 22.7 Å². The van der Waals surface area contributed by atoms with E-state index in [1.54, 1.807) is 11.3 Å². The van der Waals surface area contributed by atoms with Gasteiger partial charge in [-0.2, -0.15) is 0 Å². The highest BCUT2D eigenvalue weighted by molar-refractivity contribution is 7.18. The van der Waals surface area contributed by atoms with Crippen LogP contribution in [-0.4, -0.2) is 41.0 Å². The molecule has 0 saturated heterocycles. The van der Waals surface area contributed by atoms with Gasteiger partial charge in [0.25, 0.3) is 5.56 Å². The molecule has 0 bridgehead atoms. The Bertz CT molecular complexity index is 1200. The Labute approximate surface area is 182 Å². The van der Waals surface area contributed by atoms with Crippen LogP contribution in [0.1, 0.15) is 11.6 Å². The zero-order valence-corrected chi connectivity index (χ0v) is 18.4. The highest BCUT2D eigenvalue weighted by Gasteiger charge is 2.18. The van der Waals surface area contributed by atoms with Gasteiger partial charge in [0.2, 0.25) is 5.91 Å². The van der Waals surface area contributed by atoms with Crippen LogP contribution in [0.5, 0.6) is 0 Å². The van der Waals surface area contributed by atoms with Crippen molar-refractivity contribution in [3.63, 3.8) is 0 Å². The topological polar surface area (TPSA) is 67.2 Å². The molecule has 0 aliphatic rings. The van der Waals surface area contributed by atoms with Gasteiger partial charge in [0.1, 0.15) is 11.4 Å². The molecule has 0 saturated carbocycles. The van der Waals surface area contributed by atoms with Crippen molar-refractivity contribution in [3.05, 3.63) is 75.5 Å². The van der Waals surface area contributed by atoms with E-state index in [0.717, 1.165) is 16.0 Å². The second kappa shape index (κ2) is 8.91. The number of hydrogen-bond acceptors (Lipinski definition) is 6. The van der Waals surface area contributed by atoms with Crippen molar-refractivity contribution < 1.29 is 4.79 Å². The van der Waals surface area contributed by atoms with Gasteiger partial charge >= 0.3 is 0 Å². The normalized spacial score (nSPS) is 12.4. The molecule has 0 aliphatic carbocycles. The molecule has 1 aromatic carbocycles. The fraction of sp³-hybridized carbons (Fsp3) is 0.227. The fourth-order valence-corrected chi connectivity index (χ4v) is 5.09. The Morgan fingerprint density at radius 1 is 1.17 bits per heavy atom. The van der Waals surface area contributed by atoms with Crippen molar-refractivity contribution in [1.29, 1.82) is 0 Å². The van der Waals surface area contributed by atoms with Gasteiger partial charge in [0.15, 0.2) is 0 Å². The molecule has 0 unspecified atom stereocenters. The predicted octanol–water partition coefficient (Wildman–Crippen LogP) is 3.61. The molecule has 0 spiro atoms. The summed E-state index contributed by atoms with van der Waals surface area (Å²) in [4.78, 5) is 34.1. The van der Waals surface area contributed by atoms with Crippen LogP contribution in [0.4, 0.5) is 0 Å². The van der Waals surface area contributed by atoms with Crippen LogP contribution in [0.2, 0.25) is 0 Å². The average molecular weight is 439 g/mol. The van der Waals surface area contributed by atoms with Crippen LogP contribution in [-0.2, 0) is 11.3 Å². The number of amides is 1. The molecular formula is C22H22N4O2S2. The molecule has 0 aliphatic heterocycles. The average Bonchev–Trinajstić information content (AvgIpc) is 3.40. The third-order valence-corrected chi connectivity index (χ3v) is 6.54. The van der Waals surface area contributed by atoms with Crippen molar-refractivity contribution in [1.82, 2.24) is 19.8 Å². The number of fused-ring (bicyclic) bond motifs is 1. The number of carbonyl (C=O) groups excluding carboxylic acids is 1. The minimum Gasteiger partial charge on any atom is -0.346 e. The van der Waals surface area contributed by atoms with Crippen molar-refractivity contribution in [2.45, 2.75) is 12.6 Å². The van der Waals surface area contributed by atoms with Crippen molar-refractivity contribution in [3.8, 4) is 10.4 Å². The quantitative estimate of drug-likeness (QED) is 0.479. The Morgan fingerprint density at radius 2 is 1.97 bits per heavy atom. The smallest absolute Gasteiger partial charge is 0.263 e. The lowest BCUT2D eigenvalue weighted by molar-refractivity contribution is -0.122. The summed E-state index contributed by atoms with van der Waals surface area (Å²) >= 11 is 3.03. The maximum Gasteiger partial charge on any atom is 0.263 e. The Kier molecular flexibility index (Phi) is 6.08. The standard InChI is InChI=1S/C22H22N4O2S2/c1-25(2)11-17(15-7-4-3-5-8-15)24-19(27)12-26-14-23-21-20(22(26)28)16(13-30-21)18-9-6-10-29-18/h3-10,13-14,17H,11-12H2,1-2H3,(H,24,27)/t17-/m1/s1. The van der Waals surface area contributed by atoms with Crippen molar-refractivity contribution >= 4 is 38.8 Å². The van der Waals surface area contributed by atoms with E-state index in [-0.39, 0.29) is 24.1 Å². The van der Waals surface area contributed by atoms with Gasteiger partial charge in [-0.25, -0.2) is 4.98 Å². The van der Waals surface area contributed by atoms with Gasteiger partial charge < -0.3 is 10.2 Å². The third-order valence-electron chi connectivity index (χ3n) is 4.75. The molecule has 6 nitrogen and oxygen atoms in total. The molecule has 1 amide bonds. The van der Waals surface area contributed by atoms with Gasteiger partial charge in [-0.15, -0.1) is 22.7 Å². The summed E-state index contributed by atoms with van der Waals surface area (Å²) in [6.45, 7) is 0.591. The van der Waals surface area contributed by atoms with Crippen molar-refractivity contribution in [2.75, 3.05) is 20.6 Å². The largest absolute Gasteiger partial charge is 0.346 e. The highest BCUT2D eigenvalue weighted by atomic mass is 32.1. The van der Waals surface area contributed by atoms with E-state index < -0.39 is 0 Å². The Morgan fingerprint density at radius 3 is 2.67 bits per heavy atom. The number of hydrogen-bond donors (Lipinski definition) is 1. The second-order valence-corrected chi connectivity index (χ2v) is 9.08. The molecule has 1 N–H and O–H groups in total. The molecule has 4 rings (SSSR count). The molecule has 3 heterocycles. The molecule has 8 heteroatoms. The first-order chi connectivity index (χ1) is 14.5. The number of nitrogens with zero attached hydrogens (tertiary/aromatic N) is 3. The monoisotopic (exact) mass is 438 g/mol. The molecular weight excluding hydrogens is 416 g/mol. The molecule has 30 heavy (non-hydrogen) atoms. The lowest BCUT2D eigenvalue weighted by Crippen LogP contribution is -2.38. The highest BCUT2D eigenvalue weighted by Crippen LogP contribution is 2.33. The minimum atomic E-state index is -0.221. The van der Waals surface area contributed by atoms with Gasteiger partial charge in [0, 0.05) is 22.4 Å². The zero-order valence-electron chi connectivity index (χ0n) is 16.7. The van der Waals surface area contributed by atoms with Gasteiger partial charge in [-0.05, 0) is 31.1 Å². The maximum atomic E-state index is 13.1. The van der Waals surface area contributed by atoms with Crippen LogP contribution < -0.4 is 10.9 Å². The van der Waals surface area contributed by atoms with Crippen LogP contribution in [0.3, 0.4) is 0 Å². The number of aromatic nitrogens is 2. The lowest BCUT2D eigenvalue weighted by atomic mass is 10.1. The van der Waals surface area contributed by atoms with E-state index in [2.05, 4.69) is 10.3 Å². The molecule has 1 atom stereocenters. The first-order valence-electron chi connectivity index (χ1n) is 9.52. The summed E-state index contributed by atoms with van der Waals surface area (Å²) in [5.74, 6) is -0.221. The molecule has 0 fully saturated rings. The predicted molar refractivity (Wildman–Crippen MR) is 123 cm³/mol. The van der Waals surface area contributed by atoms with Crippen LogP contribution in [0.15, 0.2) is 64.3 Å². The van der Waals surface area contributed by atoms with Crippen molar-refractivity contribution in [2.24, 2.45) is 0 Å². The zero-order chi connectivity index (χ0) is 21.1. The second-order valence-electron chi connectivity index (χ2n) is 7.28. The van der Waals surface area contributed by atoms with E-state index in [1.807, 2.05) is 72.2 Å². The van der Waals surface area contributed by atoms with E-state index >= 15 is 0 Å². The number of likely N-dealkylation sites (N-methyl/N-ethyl adjacent to an activating group) is 1. The summed E-state index contributed by atoms with van der Waals surface area (Å²) < 4.78 is 1.39. The van der Waals surface area contributed by atoms with Crippen LogP contribution in [0, 0.1) is 0 Å². The van der Waals surface area contributed by atoms with Gasteiger partial charge in [0.05, 0.1) is 17.8 Å². The summed E-state index contributed by atoms with van der Waals surface area (Å²) in [6, 6.07) is 13.6. The van der Waals surface area contributed by atoms with E-state index in [1.165, 1.54) is 22.2 Å². The number of carbonyl (C=O) groups is 1. The Balaban J connectivity index is 1.59. The molecule has 154 valence electrons. The lowest BCUT2D eigenvalue weighted by Gasteiger charge is -2.23. The fourth-order valence-electron chi connectivity index (χ4n) is 3.37. The SMILES string of the molecule is CN(C)C[C@@H](NC(=O)Cn1cnc2scc(-c3cccs3)c2c1=O)c1ccccc1. The number of benzene rings is 1. The molecule has 4 aromatic rings. The summed E-state index contributed by atoms with van der Waals surface area (Å²) in [7, 11) is 3.93. The first kappa shape index (κ1) is 20.5. The summed E-state index contributed by atoms with van der Waals surface area (Å²) in [6.07, 6.45) is 1.46. The van der Waals surface area contributed by atoms with E-state index in [9.17, 15) is 9.59 Å². The first-order valence-corrected chi connectivity index (χ1v) is 11.3. The van der Waals surface area contributed by atoms with E-state index in [4.69, 9.17) is 0 Å².